The molecule has 0 atom stereocenters. The molecule has 1 saturated heterocycles. The first-order valence-corrected chi connectivity index (χ1v) is 8.77. The van der Waals surface area contributed by atoms with E-state index < -0.39 is 23.1 Å². The maximum atomic E-state index is 12.6. The Morgan fingerprint density at radius 2 is 1.81 bits per heavy atom. The first kappa shape index (κ1) is 18.6. The number of nitrogens with one attached hydrogen (secondary N) is 1. The summed E-state index contributed by atoms with van der Waals surface area (Å²) in [4.78, 5) is 51.5. The molecule has 0 spiro atoms. The summed E-state index contributed by atoms with van der Waals surface area (Å²) in [6, 6.07) is 6.96. The van der Waals surface area contributed by atoms with Crippen molar-refractivity contribution in [1.29, 1.82) is 0 Å². The number of carboxylic acid groups (broad SMARTS) is 1. The molecule has 8 nitrogen and oxygen atoms in total. The zero-order chi connectivity index (χ0) is 19.6. The second-order valence-corrected chi connectivity index (χ2v) is 6.77. The number of aromatic nitrogens is 2. The van der Waals surface area contributed by atoms with Crippen LogP contribution < -0.4 is 11.2 Å². The fourth-order valence-electron chi connectivity index (χ4n) is 3.45. The lowest BCUT2D eigenvalue weighted by atomic mass is 9.88. The fraction of sp³-hybridized carbons (Fsp3) is 0.368. The van der Waals surface area contributed by atoms with Crippen LogP contribution in [0.2, 0.25) is 0 Å². The Bertz CT molecular complexity index is 983. The number of H-pyrrole nitrogens is 1. The number of hydrogen-bond donors (Lipinski definition) is 2. The fourth-order valence-corrected chi connectivity index (χ4v) is 3.45. The van der Waals surface area contributed by atoms with Gasteiger partial charge in [0.1, 0.15) is 5.56 Å². The highest BCUT2D eigenvalue weighted by atomic mass is 16.4. The standard InChI is InChI=1S/C19H21N3O5/c1-21-16(23)15(11-20-19(21)27)17(24)22-8-6-12(7-9-22)10-13-4-2-3-5-14(13)18(25)26/h2-5,11-12H,6-10H2,1H3,(H,20,27)(H,25,26). The number of benzene rings is 1. The summed E-state index contributed by atoms with van der Waals surface area (Å²) in [6.45, 7) is 0.974. The Hall–Kier alpha value is -3.16. The Labute approximate surface area is 155 Å². The van der Waals surface area contributed by atoms with Crippen molar-refractivity contribution < 1.29 is 14.7 Å². The van der Waals surface area contributed by atoms with Crippen molar-refractivity contribution >= 4 is 11.9 Å². The summed E-state index contributed by atoms with van der Waals surface area (Å²) in [5.74, 6) is -1.06. The van der Waals surface area contributed by atoms with Crippen LogP contribution in [0.4, 0.5) is 0 Å². The number of likely N-dealkylation sites (tertiary alicyclic amines) is 1. The first-order chi connectivity index (χ1) is 12.9. The number of carbonyl (C=O) groups excluding carboxylic acids is 1. The summed E-state index contributed by atoms with van der Waals surface area (Å²) in [5.41, 5.74) is -0.114. The minimum absolute atomic E-state index is 0.0493. The molecular formula is C19H21N3O5. The van der Waals surface area contributed by atoms with Crippen LogP contribution in [0.25, 0.3) is 0 Å². The molecule has 2 aromatic rings. The molecule has 1 aliphatic heterocycles. The largest absolute Gasteiger partial charge is 0.478 e. The van der Waals surface area contributed by atoms with Crippen molar-refractivity contribution in [3.05, 3.63) is 68.0 Å². The average molecular weight is 371 g/mol. The van der Waals surface area contributed by atoms with Gasteiger partial charge in [-0.05, 0) is 36.8 Å². The van der Waals surface area contributed by atoms with Crippen LogP contribution in [0.15, 0.2) is 40.1 Å². The zero-order valence-corrected chi connectivity index (χ0v) is 15.0. The second-order valence-electron chi connectivity index (χ2n) is 6.77. The molecule has 1 aromatic carbocycles. The van der Waals surface area contributed by atoms with Crippen molar-refractivity contribution in [3.63, 3.8) is 0 Å². The van der Waals surface area contributed by atoms with Gasteiger partial charge in [0.25, 0.3) is 11.5 Å². The lowest BCUT2D eigenvalue weighted by molar-refractivity contribution is 0.0687. The van der Waals surface area contributed by atoms with Crippen molar-refractivity contribution in [3.8, 4) is 0 Å². The van der Waals surface area contributed by atoms with Gasteiger partial charge in [-0.2, -0.15) is 0 Å². The van der Waals surface area contributed by atoms with E-state index in [1.54, 1.807) is 17.0 Å². The molecule has 0 saturated carbocycles. The molecule has 0 unspecified atom stereocenters. The van der Waals surface area contributed by atoms with E-state index in [-0.39, 0.29) is 11.5 Å². The van der Waals surface area contributed by atoms with Gasteiger partial charge in [-0.15, -0.1) is 0 Å². The van der Waals surface area contributed by atoms with Crippen LogP contribution >= 0.6 is 0 Å². The van der Waals surface area contributed by atoms with Gasteiger partial charge in [0.15, 0.2) is 0 Å². The molecule has 0 bridgehead atoms. The Balaban J connectivity index is 1.67. The van der Waals surface area contributed by atoms with Crippen molar-refractivity contribution in [2.45, 2.75) is 19.3 Å². The molecule has 8 heteroatoms. The number of aromatic amines is 1. The van der Waals surface area contributed by atoms with Gasteiger partial charge in [-0.1, -0.05) is 18.2 Å². The average Bonchev–Trinajstić information content (AvgIpc) is 2.67. The smallest absolute Gasteiger partial charge is 0.335 e. The van der Waals surface area contributed by atoms with Gasteiger partial charge in [0.2, 0.25) is 0 Å². The number of hydrogen-bond acceptors (Lipinski definition) is 4. The van der Waals surface area contributed by atoms with Gasteiger partial charge < -0.3 is 15.0 Å². The third-order valence-corrected chi connectivity index (χ3v) is 5.07. The van der Waals surface area contributed by atoms with Crippen molar-refractivity contribution in [1.82, 2.24) is 14.5 Å². The van der Waals surface area contributed by atoms with Crippen LogP contribution in [0.5, 0.6) is 0 Å². The van der Waals surface area contributed by atoms with E-state index in [2.05, 4.69) is 4.98 Å². The SMILES string of the molecule is Cn1c(=O)[nH]cc(C(=O)N2CCC(Cc3ccccc3C(=O)O)CC2)c1=O. The number of rotatable bonds is 4. The maximum Gasteiger partial charge on any atom is 0.335 e. The summed E-state index contributed by atoms with van der Waals surface area (Å²) < 4.78 is 0.878. The van der Waals surface area contributed by atoms with Gasteiger partial charge in [0, 0.05) is 26.3 Å². The quantitative estimate of drug-likeness (QED) is 0.828. The van der Waals surface area contributed by atoms with Crippen LogP contribution in [-0.2, 0) is 13.5 Å². The van der Waals surface area contributed by atoms with E-state index in [9.17, 15) is 24.3 Å². The van der Waals surface area contributed by atoms with Gasteiger partial charge in [-0.25, -0.2) is 9.59 Å². The molecule has 2 heterocycles. The Morgan fingerprint density at radius 1 is 1.15 bits per heavy atom. The molecule has 0 radical (unpaired) electrons. The number of nitrogens with zero attached hydrogens (tertiary/aromatic N) is 2. The third-order valence-electron chi connectivity index (χ3n) is 5.07. The number of aromatic carboxylic acids is 1. The maximum absolute atomic E-state index is 12.6. The van der Waals surface area contributed by atoms with E-state index in [1.165, 1.54) is 13.2 Å². The summed E-state index contributed by atoms with van der Waals surface area (Å²) in [7, 11) is 1.32. The molecular weight excluding hydrogens is 350 g/mol. The van der Waals surface area contributed by atoms with Gasteiger partial charge in [0.05, 0.1) is 5.56 Å². The second kappa shape index (κ2) is 7.61. The van der Waals surface area contributed by atoms with E-state index in [1.807, 2.05) is 12.1 Å². The molecule has 1 fully saturated rings. The van der Waals surface area contributed by atoms with Gasteiger partial charge >= 0.3 is 11.7 Å². The minimum atomic E-state index is -0.938. The molecule has 2 N–H and O–H groups in total. The van der Waals surface area contributed by atoms with Crippen molar-refractivity contribution in [2.75, 3.05) is 13.1 Å². The molecule has 3 rings (SSSR count). The molecule has 142 valence electrons. The highest BCUT2D eigenvalue weighted by Crippen LogP contribution is 2.24. The number of carbonyl (C=O) groups is 2. The summed E-state index contributed by atoms with van der Waals surface area (Å²) >= 11 is 0. The number of carboxylic acids is 1. The number of piperidine rings is 1. The lowest BCUT2D eigenvalue weighted by Crippen LogP contribution is -2.43. The highest BCUT2D eigenvalue weighted by molar-refractivity contribution is 5.93. The summed E-state index contributed by atoms with van der Waals surface area (Å²) in [5, 5.41) is 9.29. The van der Waals surface area contributed by atoms with Crippen molar-refractivity contribution in [2.24, 2.45) is 13.0 Å². The third kappa shape index (κ3) is 3.84. The molecule has 1 aliphatic rings. The lowest BCUT2D eigenvalue weighted by Gasteiger charge is -2.32. The Morgan fingerprint density at radius 3 is 2.48 bits per heavy atom. The molecule has 27 heavy (non-hydrogen) atoms. The minimum Gasteiger partial charge on any atom is -0.478 e. The van der Waals surface area contributed by atoms with Crippen LogP contribution in [0.1, 0.15) is 39.1 Å². The zero-order valence-electron chi connectivity index (χ0n) is 15.0. The van der Waals surface area contributed by atoms with Gasteiger partial charge in [-0.3, -0.25) is 14.2 Å². The molecule has 0 aliphatic carbocycles. The topological polar surface area (TPSA) is 112 Å². The normalized spacial score (nSPS) is 14.9. The van der Waals surface area contributed by atoms with E-state index in [0.717, 1.165) is 23.0 Å². The van der Waals surface area contributed by atoms with Crippen LogP contribution in [-0.4, -0.2) is 44.5 Å². The molecule has 1 aromatic heterocycles. The summed E-state index contributed by atoms with van der Waals surface area (Å²) in [6.07, 6.45) is 3.26. The molecule has 1 amide bonds. The predicted octanol–water partition coefficient (Wildman–Crippen LogP) is 0.867. The highest BCUT2D eigenvalue weighted by Gasteiger charge is 2.26. The predicted molar refractivity (Wildman–Crippen MR) is 98.0 cm³/mol. The first-order valence-electron chi connectivity index (χ1n) is 8.77. The van der Waals surface area contributed by atoms with E-state index in [4.69, 9.17) is 0 Å². The van der Waals surface area contributed by atoms with Crippen LogP contribution in [0, 0.1) is 5.92 Å². The monoisotopic (exact) mass is 371 g/mol. The Kier molecular flexibility index (Phi) is 5.25. The number of amides is 1. The van der Waals surface area contributed by atoms with E-state index >= 15 is 0 Å². The van der Waals surface area contributed by atoms with Crippen LogP contribution in [0.3, 0.4) is 0 Å². The van der Waals surface area contributed by atoms with E-state index in [0.29, 0.717) is 25.1 Å².